The van der Waals surface area contributed by atoms with Crippen LogP contribution in [-0.2, 0) is 17.8 Å². The second-order valence-corrected chi connectivity index (χ2v) is 9.25. The molecule has 3 N–H and O–H groups in total. The molecule has 10 heteroatoms. The number of nitrogens with two attached hydrogens (primary N) is 1. The van der Waals surface area contributed by atoms with Crippen molar-refractivity contribution in [2.45, 2.75) is 19.0 Å². The number of benzene rings is 3. The molecule has 0 aliphatic rings. The maximum Gasteiger partial charge on any atom is 0.248 e. The summed E-state index contributed by atoms with van der Waals surface area (Å²) in [6, 6.07) is 15.8. The van der Waals surface area contributed by atoms with Crippen LogP contribution in [0.1, 0.15) is 27.7 Å². The van der Waals surface area contributed by atoms with E-state index >= 15 is 0 Å². The van der Waals surface area contributed by atoms with Crippen LogP contribution in [0, 0.1) is 23.3 Å². The molecule has 0 unspecified atom stereocenters. The predicted octanol–water partition coefficient (Wildman–Crippen LogP) is 5.46. The Kier molecular flexibility index (Phi) is 7.33. The van der Waals surface area contributed by atoms with Gasteiger partial charge in [-0.05, 0) is 60.0 Å². The number of nitrogens with zero attached hydrogens (tertiary/aromatic N) is 2. The zero-order valence-electron chi connectivity index (χ0n) is 20.9. The fourth-order valence-corrected chi connectivity index (χ4v) is 4.68. The van der Waals surface area contributed by atoms with Gasteiger partial charge in [0.05, 0.1) is 17.3 Å². The third-order valence-electron chi connectivity index (χ3n) is 6.45. The van der Waals surface area contributed by atoms with Crippen LogP contribution in [0.2, 0.25) is 0 Å². The lowest BCUT2D eigenvalue weighted by atomic mass is 9.94. The molecule has 2 aromatic heterocycles. The number of nitrogens with one attached hydrogen (secondary N) is 1. The van der Waals surface area contributed by atoms with Crippen molar-refractivity contribution in [2.24, 2.45) is 5.73 Å². The first-order valence-electron chi connectivity index (χ1n) is 12.2. The molecule has 0 bridgehead atoms. The van der Waals surface area contributed by atoms with E-state index in [9.17, 15) is 27.2 Å². The van der Waals surface area contributed by atoms with Gasteiger partial charge in [0, 0.05) is 41.0 Å². The number of carbonyl (C=O) groups excluding carboxylic acids is 2. The number of halogens is 4. The Morgan fingerprint density at radius 1 is 0.900 bits per heavy atom. The number of primary amides is 1. The largest absolute Gasteiger partial charge is 0.366 e. The van der Waals surface area contributed by atoms with Gasteiger partial charge in [-0.25, -0.2) is 17.6 Å². The summed E-state index contributed by atoms with van der Waals surface area (Å²) >= 11 is 0. The lowest BCUT2D eigenvalue weighted by Gasteiger charge is -2.22. The summed E-state index contributed by atoms with van der Waals surface area (Å²) < 4.78 is 57.0. The highest BCUT2D eigenvalue weighted by molar-refractivity contribution is 5.94. The maximum absolute atomic E-state index is 14.0. The highest BCUT2D eigenvalue weighted by atomic mass is 19.2. The molecule has 40 heavy (non-hydrogen) atoms. The van der Waals surface area contributed by atoms with E-state index in [0.717, 1.165) is 30.3 Å². The minimum Gasteiger partial charge on any atom is -0.366 e. The fourth-order valence-electron chi connectivity index (χ4n) is 4.68. The highest BCUT2D eigenvalue weighted by Gasteiger charge is 2.22. The summed E-state index contributed by atoms with van der Waals surface area (Å²) in [5, 5.41) is 3.29. The van der Waals surface area contributed by atoms with E-state index in [1.165, 1.54) is 17.0 Å². The summed E-state index contributed by atoms with van der Waals surface area (Å²) in [7, 11) is 0. The maximum atomic E-state index is 14.0. The minimum absolute atomic E-state index is 0.0216. The van der Waals surface area contributed by atoms with E-state index in [1.807, 2.05) is 0 Å². The summed E-state index contributed by atoms with van der Waals surface area (Å²) in [6.07, 6.45) is 3.02. The molecular weight excluding hydrogens is 524 g/mol. The van der Waals surface area contributed by atoms with Gasteiger partial charge in [0.25, 0.3) is 0 Å². The van der Waals surface area contributed by atoms with Gasteiger partial charge in [-0.15, -0.1) is 0 Å². The molecule has 0 spiro atoms. The van der Waals surface area contributed by atoms with Crippen molar-refractivity contribution in [3.05, 3.63) is 125 Å². The third kappa shape index (κ3) is 5.70. The van der Waals surface area contributed by atoms with Gasteiger partial charge in [-0.1, -0.05) is 18.2 Å². The van der Waals surface area contributed by atoms with E-state index in [0.29, 0.717) is 27.7 Å². The topological polar surface area (TPSA) is 90.0 Å². The Morgan fingerprint density at radius 3 is 2.40 bits per heavy atom. The first-order valence-corrected chi connectivity index (χ1v) is 12.2. The quantitative estimate of drug-likeness (QED) is 0.253. The standard InChI is InChI=1S/C30H22F4N4O2/c31-21-9-17(10-22(32)14-21)11-26(29-23(5-2-7-36-29)18-3-1-4-20(12-18)30(35)40)37-28(39)16-38-8-6-19-13-24(33)25(34)15-27(19)38/h1-10,12-15,26H,11,16H2,(H2,35,40)(H,37,39)/t26-/m0/s1. The fraction of sp³-hybridized carbons (Fsp3) is 0.100. The summed E-state index contributed by atoms with van der Waals surface area (Å²) in [5.74, 6) is -4.73. The molecule has 202 valence electrons. The predicted molar refractivity (Wildman–Crippen MR) is 141 cm³/mol. The van der Waals surface area contributed by atoms with Crippen molar-refractivity contribution in [3.63, 3.8) is 0 Å². The molecule has 5 rings (SSSR count). The summed E-state index contributed by atoms with van der Waals surface area (Å²) in [5.41, 5.74) is 7.85. The number of hydrogen-bond acceptors (Lipinski definition) is 3. The van der Waals surface area contributed by atoms with Crippen LogP contribution in [0.3, 0.4) is 0 Å². The minimum atomic E-state index is -1.05. The second-order valence-electron chi connectivity index (χ2n) is 9.25. The van der Waals surface area contributed by atoms with Crippen molar-refractivity contribution >= 4 is 22.7 Å². The number of amides is 2. The van der Waals surface area contributed by atoms with Crippen molar-refractivity contribution in [2.75, 3.05) is 0 Å². The molecule has 0 saturated heterocycles. The second kappa shape index (κ2) is 11.0. The number of fused-ring (bicyclic) bond motifs is 1. The van der Waals surface area contributed by atoms with Crippen LogP contribution >= 0.6 is 0 Å². The van der Waals surface area contributed by atoms with E-state index in [1.54, 1.807) is 42.5 Å². The molecule has 2 heterocycles. The zero-order valence-corrected chi connectivity index (χ0v) is 20.9. The monoisotopic (exact) mass is 546 g/mol. The first kappa shape index (κ1) is 26.6. The van der Waals surface area contributed by atoms with Crippen LogP contribution in [-0.4, -0.2) is 21.4 Å². The van der Waals surface area contributed by atoms with E-state index < -0.39 is 41.1 Å². The Morgan fingerprint density at radius 2 is 1.65 bits per heavy atom. The van der Waals surface area contributed by atoms with Gasteiger partial charge >= 0.3 is 0 Å². The van der Waals surface area contributed by atoms with Crippen molar-refractivity contribution < 1.29 is 27.2 Å². The van der Waals surface area contributed by atoms with Gasteiger partial charge in [-0.3, -0.25) is 14.6 Å². The van der Waals surface area contributed by atoms with E-state index in [-0.39, 0.29) is 24.1 Å². The van der Waals surface area contributed by atoms with Crippen LogP contribution in [0.25, 0.3) is 22.0 Å². The van der Waals surface area contributed by atoms with Gasteiger partial charge in [0.1, 0.15) is 18.2 Å². The molecular formula is C30H22F4N4O2. The van der Waals surface area contributed by atoms with Gasteiger partial charge in [0.15, 0.2) is 11.6 Å². The lowest BCUT2D eigenvalue weighted by Crippen LogP contribution is -2.33. The Hall–Kier alpha value is -4.99. The molecule has 0 radical (unpaired) electrons. The number of pyridine rings is 1. The first-order chi connectivity index (χ1) is 19.2. The SMILES string of the molecule is NC(=O)c1cccc(-c2cccnc2[C@H](Cc2cc(F)cc(F)c2)NC(=O)Cn2ccc3cc(F)c(F)cc32)c1. The van der Waals surface area contributed by atoms with Crippen LogP contribution in [0.15, 0.2) is 85.2 Å². The molecule has 6 nitrogen and oxygen atoms in total. The highest BCUT2D eigenvalue weighted by Crippen LogP contribution is 2.30. The summed E-state index contributed by atoms with van der Waals surface area (Å²) in [6.45, 7) is -0.248. The lowest BCUT2D eigenvalue weighted by molar-refractivity contribution is -0.122. The van der Waals surface area contributed by atoms with Gasteiger partial charge < -0.3 is 15.6 Å². The molecule has 0 saturated carbocycles. The zero-order chi connectivity index (χ0) is 28.4. The van der Waals surface area contributed by atoms with E-state index in [2.05, 4.69) is 10.3 Å². The van der Waals surface area contributed by atoms with Crippen molar-refractivity contribution in [3.8, 4) is 11.1 Å². The van der Waals surface area contributed by atoms with Crippen LogP contribution < -0.4 is 11.1 Å². The molecule has 0 aliphatic carbocycles. The molecule has 5 aromatic rings. The number of rotatable bonds is 8. The normalized spacial score (nSPS) is 11.9. The van der Waals surface area contributed by atoms with Crippen LogP contribution in [0.5, 0.6) is 0 Å². The Labute approximate surface area is 226 Å². The van der Waals surface area contributed by atoms with E-state index in [4.69, 9.17) is 5.73 Å². The Balaban J connectivity index is 1.51. The van der Waals surface area contributed by atoms with Crippen molar-refractivity contribution in [1.82, 2.24) is 14.9 Å². The third-order valence-corrected chi connectivity index (χ3v) is 6.45. The molecule has 2 amide bonds. The van der Waals surface area contributed by atoms with Crippen LogP contribution in [0.4, 0.5) is 17.6 Å². The van der Waals surface area contributed by atoms with Gasteiger partial charge in [0.2, 0.25) is 11.8 Å². The smallest absolute Gasteiger partial charge is 0.248 e. The molecule has 0 aliphatic heterocycles. The molecule has 1 atom stereocenters. The number of carbonyl (C=O) groups is 2. The number of hydrogen-bond donors (Lipinski definition) is 2. The molecule has 0 fully saturated rings. The van der Waals surface area contributed by atoms with Gasteiger partial charge in [-0.2, -0.15) is 0 Å². The number of aromatic nitrogens is 2. The average Bonchev–Trinajstić information content (AvgIpc) is 3.28. The Bertz CT molecular complexity index is 1730. The average molecular weight is 547 g/mol. The van der Waals surface area contributed by atoms with Crippen molar-refractivity contribution in [1.29, 1.82) is 0 Å². The summed E-state index contributed by atoms with van der Waals surface area (Å²) in [4.78, 5) is 29.5. The molecule has 3 aromatic carbocycles.